The quantitative estimate of drug-likeness (QED) is 0.857. The molecule has 1 saturated heterocycles. The van der Waals surface area contributed by atoms with Crippen molar-refractivity contribution in [2.75, 3.05) is 13.1 Å². The predicted molar refractivity (Wildman–Crippen MR) is 93.5 cm³/mol. The molecule has 2 aliphatic rings. The summed E-state index contributed by atoms with van der Waals surface area (Å²) in [5.41, 5.74) is 0.958. The second-order valence-corrected chi connectivity index (χ2v) is 7.45. The van der Waals surface area contributed by atoms with Crippen molar-refractivity contribution in [3.8, 4) is 0 Å². The van der Waals surface area contributed by atoms with Crippen LogP contribution in [-0.2, 0) is 18.3 Å². The Balaban J connectivity index is 1.37. The van der Waals surface area contributed by atoms with Crippen LogP contribution in [0.25, 0.3) is 0 Å². The maximum Gasteiger partial charge on any atom is 0.226 e. The van der Waals surface area contributed by atoms with Crippen molar-refractivity contribution in [3.05, 3.63) is 53.9 Å². The average Bonchev–Trinajstić information content (AvgIpc) is 3.32. The Hall–Kier alpha value is -2.17. The monoisotopic (exact) mass is 341 g/mol. The van der Waals surface area contributed by atoms with Crippen LogP contribution in [0, 0.1) is 17.7 Å². The van der Waals surface area contributed by atoms with Crippen LogP contribution in [0.2, 0.25) is 0 Å². The maximum atomic E-state index is 13.4. The highest BCUT2D eigenvalue weighted by atomic mass is 19.1. The molecule has 5 heteroatoms. The molecule has 2 fully saturated rings. The van der Waals surface area contributed by atoms with E-state index in [1.807, 2.05) is 30.4 Å². The number of nitrogens with zero attached hydrogens (tertiary/aromatic N) is 3. The standard InChI is InChI=1S/C20H24FN3O/c1-23-9-7-22-19(23)10-14-4-3-8-24(13-14)20(25)18-12-17(18)15-5-2-6-16(21)11-15/h2,5-7,9,11,14,17-18H,3-4,8,10,12-13H2,1H3/t14-,17+,18-/m0/s1. The van der Waals surface area contributed by atoms with Crippen molar-refractivity contribution >= 4 is 5.91 Å². The molecular formula is C20H24FN3O. The van der Waals surface area contributed by atoms with Gasteiger partial charge in [-0.25, -0.2) is 9.37 Å². The van der Waals surface area contributed by atoms with Gasteiger partial charge in [-0.2, -0.15) is 0 Å². The fourth-order valence-electron chi connectivity index (χ4n) is 4.09. The molecule has 2 aromatic rings. The van der Waals surface area contributed by atoms with Crippen LogP contribution >= 0.6 is 0 Å². The van der Waals surface area contributed by atoms with E-state index in [0.717, 1.165) is 50.2 Å². The van der Waals surface area contributed by atoms with Gasteiger partial charge in [0.05, 0.1) is 0 Å². The third-order valence-electron chi connectivity index (χ3n) is 5.61. The van der Waals surface area contributed by atoms with Gasteiger partial charge in [-0.1, -0.05) is 12.1 Å². The number of imidazole rings is 1. The third-order valence-corrected chi connectivity index (χ3v) is 5.61. The Morgan fingerprint density at radius 2 is 2.28 bits per heavy atom. The molecule has 0 bridgehead atoms. The SMILES string of the molecule is Cn1ccnc1C[C@@H]1CCCN(C(=O)[C@H]2C[C@@H]2c2cccc(F)c2)C1. The number of rotatable bonds is 4. The highest BCUT2D eigenvalue weighted by Crippen LogP contribution is 2.48. The fourth-order valence-corrected chi connectivity index (χ4v) is 4.09. The van der Waals surface area contributed by atoms with E-state index in [0.29, 0.717) is 5.92 Å². The van der Waals surface area contributed by atoms with Crippen molar-refractivity contribution in [1.82, 2.24) is 14.5 Å². The number of likely N-dealkylation sites (tertiary alicyclic amines) is 1. The molecule has 1 amide bonds. The molecule has 0 N–H and O–H groups in total. The van der Waals surface area contributed by atoms with Crippen LogP contribution in [0.5, 0.6) is 0 Å². The van der Waals surface area contributed by atoms with Crippen LogP contribution in [-0.4, -0.2) is 33.4 Å². The molecule has 4 rings (SSSR count). The van der Waals surface area contributed by atoms with Crippen LogP contribution in [0.3, 0.4) is 0 Å². The number of carbonyl (C=O) groups excluding carboxylic acids is 1. The fraction of sp³-hybridized carbons (Fsp3) is 0.500. The number of piperidine rings is 1. The van der Waals surface area contributed by atoms with Crippen molar-refractivity contribution in [1.29, 1.82) is 0 Å². The summed E-state index contributed by atoms with van der Waals surface area (Å²) in [6, 6.07) is 6.68. The number of aryl methyl sites for hydroxylation is 1. The van der Waals surface area contributed by atoms with E-state index in [1.165, 1.54) is 6.07 Å². The first-order chi connectivity index (χ1) is 12.1. The molecule has 25 heavy (non-hydrogen) atoms. The van der Waals surface area contributed by atoms with Gasteiger partial charge in [-0.05, 0) is 48.8 Å². The zero-order valence-corrected chi connectivity index (χ0v) is 14.6. The summed E-state index contributed by atoms with van der Waals surface area (Å²) in [7, 11) is 2.02. The van der Waals surface area contributed by atoms with E-state index in [-0.39, 0.29) is 23.6 Å². The summed E-state index contributed by atoms with van der Waals surface area (Å²) in [5.74, 6) is 1.82. The van der Waals surface area contributed by atoms with Crippen LogP contribution in [0.4, 0.5) is 4.39 Å². The van der Waals surface area contributed by atoms with Gasteiger partial charge < -0.3 is 9.47 Å². The van der Waals surface area contributed by atoms with Gasteiger partial charge in [0.25, 0.3) is 0 Å². The number of amides is 1. The summed E-state index contributed by atoms with van der Waals surface area (Å²) in [6.07, 6.45) is 7.77. The summed E-state index contributed by atoms with van der Waals surface area (Å²) in [5, 5.41) is 0. The summed E-state index contributed by atoms with van der Waals surface area (Å²) in [4.78, 5) is 19.3. The molecule has 2 heterocycles. The lowest BCUT2D eigenvalue weighted by atomic mass is 9.94. The maximum absolute atomic E-state index is 13.4. The minimum atomic E-state index is -0.219. The van der Waals surface area contributed by atoms with E-state index < -0.39 is 0 Å². The zero-order valence-electron chi connectivity index (χ0n) is 14.6. The Morgan fingerprint density at radius 1 is 1.40 bits per heavy atom. The van der Waals surface area contributed by atoms with E-state index in [1.54, 1.807) is 12.1 Å². The van der Waals surface area contributed by atoms with E-state index in [2.05, 4.69) is 9.55 Å². The molecule has 0 unspecified atom stereocenters. The normalized spacial score (nSPS) is 25.8. The van der Waals surface area contributed by atoms with Crippen LogP contribution in [0.1, 0.15) is 36.6 Å². The summed E-state index contributed by atoms with van der Waals surface area (Å²) in [6.45, 7) is 1.67. The number of aromatic nitrogens is 2. The largest absolute Gasteiger partial charge is 0.342 e. The molecule has 1 aromatic heterocycles. The van der Waals surface area contributed by atoms with Gasteiger partial charge in [-0.15, -0.1) is 0 Å². The molecule has 1 aromatic carbocycles. The molecular weight excluding hydrogens is 317 g/mol. The molecule has 132 valence electrons. The molecule has 0 spiro atoms. The first kappa shape index (κ1) is 16.3. The molecule has 3 atom stereocenters. The van der Waals surface area contributed by atoms with E-state index in [9.17, 15) is 9.18 Å². The Bertz CT molecular complexity index is 772. The number of halogens is 1. The Labute approximate surface area is 147 Å². The number of hydrogen-bond acceptors (Lipinski definition) is 2. The molecule has 4 nitrogen and oxygen atoms in total. The lowest BCUT2D eigenvalue weighted by Crippen LogP contribution is -2.41. The second-order valence-electron chi connectivity index (χ2n) is 7.45. The lowest BCUT2D eigenvalue weighted by Gasteiger charge is -2.33. The van der Waals surface area contributed by atoms with E-state index >= 15 is 0 Å². The summed E-state index contributed by atoms with van der Waals surface area (Å²) >= 11 is 0. The van der Waals surface area contributed by atoms with Crippen molar-refractivity contribution in [3.63, 3.8) is 0 Å². The first-order valence-electron chi connectivity index (χ1n) is 9.12. The van der Waals surface area contributed by atoms with Crippen LogP contribution in [0.15, 0.2) is 36.7 Å². The topological polar surface area (TPSA) is 38.1 Å². The first-order valence-corrected chi connectivity index (χ1v) is 9.12. The minimum Gasteiger partial charge on any atom is -0.342 e. The van der Waals surface area contributed by atoms with Crippen molar-refractivity contribution in [2.24, 2.45) is 18.9 Å². The molecule has 1 aliphatic heterocycles. The third kappa shape index (κ3) is 3.46. The van der Waals surface area contributed by atoms with Crippen molar-refractivity contribution in [2.45, 2.75) is 31.6 Å². The number of hydrogen-bond donors (Lipinski definition) is 0. The van der Waals surface area contributed by atoms with Gasteiger partial charge in [0.15, 0.2) is 0 Å². The molecule has 1 aliphatic carbocycles. The number of benzene rings is 1. The van der Waals surface area contributed by atoms with Gasteiger partial charge in [-0.3, -0.25) is 4.79 Å². The zero-order chi connectivity index (χ0) is 17.4. The van der Waals surface area contributed by atoms with Crippen molar-refractivity contribution < 1.29 is 9.18 Å². The average molecular weight is 341 g/mol. The van der Waals surface area contributed by atoms with Gasteiger partial charge >= 0.3 is 0 Å². The predicted octanol–water partition coefficient (Wildman–Crippen LogP) is 3.14. The Morgan fingerprint density at radius 3 is 3.04 bits per heavy atom. The highest BCUT2D eigenvalue weighted by Gasteiger charge is 2.46. The number of carbonyl (C=O) groups is 1. The van der Waals surface area contributed by atoms with Gasteiger partial charge in [0.2, 0.25) is 5.91 Å². The minimum absolute atomic E-state index is 0.0358. The highest BCUT2D eigenvalue weighted by molar-refractivity contribution is 5.83. The Kier molecular flexibility index (Phi) is 4.32. The van der Waals surface area contributed by atoms with Gasteiger partial charge in [0.1, 0.15) is 11.6 Å². The van der Waals surface area contributed by atoms with Gasteiger partial charge in [0, 0.05) is 44.9 Å². The molecule has 0 radical (unpaired) electrons. The smallest absolute Gasteiger partial charge is 0.226 e. The summed E-state index contributed by atoms with van der Waals surface area (Å²) < 4.78 is 15.5. The van der Waals surface area contributed by atoms with E-state index in [4.69, 9.17) is 0 Å². The van der Waals surface area contributed by atoms with Crippen LogP contribution < -0.4 is 0 Å². The lowest BCUT2D eigenvalue weighted by molar-refractivity contribution is -0.134. The molecule has 1 saturated carbocycles. The second kappa shape index (κ2) is 6.62.